The largest absolute Gasteiger partial charge is 0.406 e. The quantitative estimate of drug-likeness (QED) is 0.794. The van der Waals surface area contributed by atoms with Crippen LogP contribution in [0.2, 0.25) is 0 Å². The Labute approximate surface area is 149 Å². The van der Waals surface area contributed by atoms with E-state index in [1.807, 2.05) is 0 Å². The molecule has 1 aromatic rings. The molecule has 0 saturated carbocycles. The maximum atomic E-state index is 13.3. The number of nitrogens with zero attached hydrogens (tertiary/aromatic N) is 1. The number of likely N-dealkylation sites (tertiary alicyclic amines) is 1. The van der Waals surface area contributed by atoms with Crippen LogP contribution in [0.15, 0.2) is 18.2 Å². The van der Waals surface area contributed by atoms with E-state index < -0.39 is 42.4 Å². The molecule has 0 bridgehead atoms. The van der Waals surface area contributed by atoms with Crippen LogP contribution in [0.1, 0.15) is 11.5 Å². The van der Waals surface area contributed by atoms with Gasteiger partial charge in [0.2, 0.25) is 0 Å². The zero-order valence-electron chi connectivity index (χ0n) is 12.7. The molecular weight excluding hydrogens is 378 g/mol. The molecule has 0 radical (unpaired) electrons. The van der Waals surface area contributed by atoms with Gasteiger partial charge in [0.05, 0.1) is 6.61 Å². The molecular formula is C14H19Cl2F5N2O. The number of hydrogen-bond acceptors (Lipinski definition) is 3. The van der Waals surface area contributed by atoms with Crippen LogP contribution in [0.4, 0.5) is 22.0 Å². The molecule has 1 aliphatic heterocycles. The van der Waals surface area contributed by atoms with Gasteiger partial charge >= 0.3 is 6.18 Å². The van der Waals surface area contributed by atoms with Crippen molar-refractivity contribution in [1.82, 2.24) is 4.90 Å². The molecule has 1 heterocycles. The van der Waals surface area contributed by atoms with Gasteiger partial charge in [0, 0.05) is 32.2 Å². The van der Waals surface area contributed by atoms with Crippen LogP contribution >= 0.6 is 24.8 Å². The minimum atomic E-state index is -4.45. The van der Waals surface area contributed by atoms with E-state index >= 15 is 0 Å². The number of halogens is 7. The van der Waals surface area contributed by atoms with E-state index in [0.717, 1.165) is 12.1 Å². The Morgan fingerprint density at radius 2 is 1.83 bits per heavy atom. The molecule has 0 spiro atoms. The fourth-order valence-corrected chi connectivity index (χ4v) is 2.78. The molecule has 2 N–H and O–H groups in total. The zero-order chi connectivity index (χ0) is 16.5. The molecule has 3 atom stereocenters. The Balaban J connectivity index is 0.00000264. The fourth-order valence-electron chi connectivity index (χ4n) is 2.78. The van der Waals surface area contributed by atoms with Crippen LogP contribution in [-0.2, 0) is 4.74 Å². The van der Waals surface area contributed by atoms with Crippen molar-refractivity contribution in [1.29, 1.82) is 0 Å². The van der Waals surface area contributed by atoms with Crippen LogP contribution in [0.25, 0.3) is 0 Å². The first kappa shape index (κ1) is 23.3. The van der Waals surface area contributed by atoms with Gasteiger partial charge in [0.1, 0.15) is 6.04 Å². The van der Waals surface area contributed by atoms with E-state index in [1.54, 1.807) is 0 Å². The number of benzene rings is 1. The number of hydrogen-bond donors (Lipinski definition) is 1. The Bertz CT molecular complexity index is 532. The predicted molar refractivity (Wildman–Crippen MR) is 84.9 cm³/mol. The lowest BCUT2D eigenvalue weighted by Crippen LogP contribution is -2.48. The monoisotopic (exact) mass is 396 g/mol. The Kier molecular flexibility index (Phi) is 8.89. The van der Waals surface area contributed by atoms with E-state index in [9.17, 15) is 22.0 Å². The van der Waals surface area contributed by atoms with Gasteiger partial charge in [-0.2, -0.15) is 13.2 Å². The summed E-state index contributed by atoms with van der Waals surface area (Å²) in [4.78, 5) is 1.18. The highest BCUT2D eigenvalue weighted by Crippen LogP contribution is 2.33. The van der Waals surface area contributed by atoms with Gasteiger partial charge in [-0.3, -0.25) is 4.90 Å². The molecule has 140 valence electrons. The average molecular weight is 397 g/mol. The van der Waals surface area contributed by atoms with Gasteiger partial charge in [-0.15, -0.1) is 24.8 Å². The van der Waals surface area contributed by atoms with Crippen molar-refractivity contribution < 1.29 is 26.7 Å². The van der Waals surface area contributed by atoms with Crippen LogP contribution in [0, 0.1) is 11.6 Å². The summed E-state index contributed by atoms with van der Waals surface area (Å²) in [5, 5.41) is 0. The van der Waals surface area contributed by atoms with Crippen LogP contribution in [0.3, 0.4) is 0 Å². The topological polar surface area (TPSA) is 38.5 Å². The standard InChI is InChI=1S/C14H17F5N2O.2ClH/c1-22-7-13(14(17,18)19)21-5-9(12(20)6-21)8-2-3-10(15)11(16)4-8;;/h2-4,9,12-13H,5-7,20H2,1H3;2*1H/t9-,12+,13-;;/m0../s1. The fraction of sp³-hybridized carbons (Fsp3) is 0.571. The SMILES string of the molecule is COC[C@H](N1C[C@@H](N)[C@H](c2ccc(F)c(F)c2)C1)C(F)(F)F.Cl.Cl. The van der Waals surface area contributed by atoms with Crippen LogP contribution in [-0.4, -0.2) is 50.0 Å². The molecule has 0 aromatic heterocycles. The number of methoxy groups -OCH3 is 1. The van der Waals surface area contributed by atoms with E-state index in [1.165, 1.54) is 18.1 Å². The summed E-state index contributed by atoms with van der Waals surface area (Å²) in [6, 6.07) is 0.940. The lowest BCUT2D eigenvalue weighted by molar-refractivity contribution is -0.192. The maximum Gasteiger partial charge on any atom is 0.406 e. The van der Waals surface area contributed by atoms with Crippen LogP contribution < -0.4 is 5.73 Å². The maximum absolute atomic E-state index is 13.3. The molecule has 1 fully saturated rings. The number of nitrogens with two attached hydrogens (primary N) is 1. The van der Waals surface area contributed by atoms with E-state index in [-0.39, 0.29) is 37.9 Å². The third-order valence-electron chi connectivity index (χ3n) is 3.91. The molecule has 2 rings (SSSR count). The molecule has 1 saturated heterocycles. The number of alkyl halides is 3. The van der Waals surface area contributed by atoms with E-state index in [0.29, 0.717) is 5.56 Å². The third kappa shape index (κ3) is 5.16. The molecule has 0 unspecified atom stereocenters. The van der Waals surface area contributed by atoms with Crippen LogP contribution in [0.5, 0.6) is 0 Å². The Hall–Kier alpha value is -0.670. The smallest absolute Gasteiger partial charge is 0.383 e. The van der Waals surface area contributed by atoms with Crippen molar-refractivity contribution in [3.05, 3.63) is 35.4 Å². The molecule has 0 amide bonds. The van der Waals surface area contributed by atoms with Crippen molar-refractivity contribution in [2.45, 2.75) is 24.2 Å². The van der Waals surface area contributed by atoms with Crippen molar-refractivity contribution in [2.24, 2.45) is 5.73 Å². The first-order valence-corrected chi connectivity index (χ1v) is 6.74. The summed E-state index contributed by atoms with van der Waals surface area (Å²) in [5.41, 5.74) is 6.30. The summed E-state index contributed by atoms with van der Waals surface area (Å²) < 4.78 is 70.1. The second kappa shape index (κ2) is 9.15. The van der Waals surface area contributed by atoms with E-state index in [2.05, 4.69) is 4.74 Å². The minimum Gasteiger partial charge on any atom is -0.383 e. The van der Waals surface area contributed by atoms with Gasteiger partial charge in [-0.05, 0) is 17.7 Å². The summed E-state index contributed by atoms with van der Waals surface area (Å²) in [6.45, 7) is -0.475. The van der Waals surface area contributed by atoms with Gasteiger partial charge < -0.3 is 10.5 Å². The minimum absolute atomic E-state index is 0. The third-order valence-corrected chi connectivity index (χ3v) is 3.91. The van der Waals surface area contributed by atoms with Crippen molar-refractivity contribution >= 4 is 24.8 Å². The Morgan fingerprint density at radius 1 is 1.21 bits per heavy atom. The summed E-state index contributed by atoms with van der Waals surface area (Å²) in [6.07, 6.45) is -4.45. The van der Waals surface area contributed by atoms with Crippen molar-refractivity contribution in [3.8, 4) is 0 Å². The normalized spacial score (nSPS) is 22.6. The summed E-state index contributed by atoms with van der Waals surface area (Å²) in [7, 11) is 1.20. The second-order valence-corrected chi connectivity index (χ2v) is 5.41. The molecule has 24 heavy (non-hydrogen) atoms. The summed E-state index contributed by atoms with van der Waals surface area (Å²) in [5.74, 6) is -2.52. The zero-order valence-corrected chi connectivity index (χ0v) is 14.4. The van der Waals surface area contributed by atoms with E-state index in [4.69, 9.17) is 5.73 Å². The van der Waals surface area contributed by atoms with Gasteiger partial charge in [-0.1, -0.05) is 6.07 Å². The number of rotatable bonds is 4. The lowest BCUT2D eigenvalue weighted by atomic mass is 9.95. The molecule has 3 nitrogen and oxygen atoms in total. The molecule has 1 aliphatic rings. The van der Waals surface area contributed by atoms with Crippen molar-refractivity contribution in [3.63, 3.8) is 0 Å². The van der Waals surface area contributed by atoms with Gasteiger partial charge in [0.25, 0.3) is 0 Å². The first-order valence-electron chi connectivity index (χ1n) is 6.74. The lowest BCUT2D eigenvalue weighted by Gasteiger charge is -2.29. The molecule has 0 aliphatic carbocycles. The summed E-state index contributed by atoms with van der Waals surface area (Å²) >= 11 is 0. The van der Waals surface area contributed by atoms with Gasteiger partial charge in [-0.25, -0.2) is 8.78 Å². The highest BCUT2D eigenvalue weighted by Gasteiger charge is 2.47. The Morgan fingerprint density at radius 3 is 2.33 bits per heavy atom. The first-order chi connectivity index (χ1) is 10.2. The molecule has 10 heteroatoms. The second-order valence-electron chi connectivity index (χ2n) is 5.41. The van der Waals surface area contributed by atoms with Gasteiger partial charge in [0.15, 0.2) is 11.6 Å². The molecule has 1 aromatic carbocycles. The highest BCUT2D eigenvalue weighted by atomic mass is 35.5. The predicted octanol–water partition coefficient (Wildman–Crippen LogP) is 3.11. The van der Waals surface area contributed by atoms with Crippen molar-refractivity contribution in [2.75, 3.05) is 26.8 Å². The number of ether oxygens (including phenoxy) is 1. The average Bonchev–Trinajstić information content (AvgIpc) is 2.79. The highest BCUT2D eigenvalue weighted by molar-refractivity contribution is 5.85.